The van der Waals surface area contributed by atoms with Crippen LogP contribution in [0, 0.1) is 17.1 Å². The van der Waals surface area contributed by atoms with Crippen LogP contribution in [-0.2, 0) is 14.8 Å². The van der Waals surface area contributed by atoms with Crippen LogP contribution in [-0.4, -0.2) is 51.4 Å². The Morgan fingerprint density at radius 2 is 1.96 bits per heavy atom. The molecule has 0 amide bonds. The summed E-state index contributed by atoms with van der Waals surface area (Å²) in [5, 5.41) is 7.67. The van der Waals surface area contributed by atoms with Crippen molar-refractivity contribution in [2.45, 2.75) is 18.2 Å². The summed E-state index contributed by atoms with van der Waals surface area (Å²) in [5.74, 6) is -0.340. The monoisotopic (exact) mass is 341 g/mol. The number of sulfonamides is 1. The molecule has 1 N–H and O–H groups in total. The van der Waals surface area contributed by atoms with Crippen LogP contribution in [0.25, 0.3) is 0 Å². The second-order valence-electron chi connectivity index (χ2n) is 5.38. The quantitative estimate of drug-likeness (QED) is 0.836. The molecule has 1 heterocycles. The zero-order valence-corrected chi connectivity index (χ0v) is 13.7. The lowest BCUT2D eigenvalue weighted by Gasteiger charge is -2.35. The first-order valence-corrected chi connectivity index (χ1v) is 8.94. The maximum absolute atomic E-state index is 13.1. The predicted octanol–water partition coefficient (Wildman–Crippen LogP) is 1.03. The lowest BCUT2D eigenvalue weighted by atomic mass is 10.0. The highest BCUT2D eigenvalue weighted by atomic mass is 32.2. The minimum atomic E-state index is -3.70. The molecule has 1 fully saturated rings. The zero-order chi connectivity index (χ0) is 16.9. The molecule has 0 radical (unpaired) electrons. The third-order valence-electron chi connectivity index (χ3n) is 3.87. The molecule has 2 rings (SSSR count). The van der Waals surface area contributed by atoms with Crippen molar-refractivity contribution in [2.75, 3.05) is 32.8 Å². The van der Waals surface area contributed by atoms with Crippen LogP contribution < -0.4 is 4.72 Å². The molecule has 6 nitrogen and oxygen atoms in total. The van der Waals surface area contributed by atoms with E-state index in [2.05, 4.69) is 9.62 Å². The predicted molar refractivity (Wildman–Crippen MR) is 83.5 cm³/mol. The van der Waals surface area contributed by atoms with Gasteiger partial charge in [0.1, 0.15) is 5.82 Å². The third kappa shape index (κ3) is 4.72. The van der Waals surface area contributed by atoms with E-state index in [9.17, 15) is 12.8 Å². The van der Waals surface area contributed by atoms with E-state index in [1.165, 1.54) is 19.1 Å². The van der Waals surface area contributed by atoms with Crippen LogP contribution in [0.3, 0.4) is 0 Å². The molecular weight excluding hydrogens is 321 g/mol. The fourth-order valence-corrected chi connectivity index (χ4v) is 3.20. The number of hydrogen-bond donors (Lipinski definition) is 1. The van der Waals surface area contributed by atoms with Gasteiger partial charge in [0.25, 0.3) is 0 Å². The van der Waals surface area contributed by atoms with Crippen LogP contribution in [0.15, 0.2) is 24.3 Å². The van der Waals surface area contributed by atoms with E-state index in [0.717, 1.165) is 5.56 Å². The lowest BCUT2D eigenvalue weighted by molar-refractivity contribution is 0.0172. The molecule has 1 aromatic carbocycles. The number of nitriles is 1. The van der Waals surface area contributed by atoms with Crippen molar-refractivity contribution in [1.82, 2.24) is 9.62 Å². The Morgan fingerprint density at radius 1 is 1.35 bits per heavy atom. The number of hydrogen-bond acceptors (Lipinski definition) is 5. The van der Waals surface area contributed by atoms with Gasteiger partial charge in [0, 0.05) is 25.7 Å². The van der Waals surface area contributed by atoms with Crippen molar-refractivity contribution >= 4 is 10.0 Å². The molecular formula is C15H20FN3O3S. The number of benzene rings is 1. The smallest absolute Gasteiger partial charge is 0.227 e. The molecule has 1 aliphatic heterocycles. The minimum Gasteiger partial charge on any atom is -0.379 e. The number of nitrogens with zero attached hydrogens (tertiary/aromatic N) is 2. The van der Waals surface area contributed by atoms with Crippen LogP contribution in [0.2, 0.25) is 0 Å². The summed E-state index contributed by atoms with van der Waals surface area (Å²) in [4.78, 5) is 2.09. The Kier molecular flexibility index (Phi) is 6.07. The minimum absolute atomic E-state index is 0.125. The van der Waals surface area contributed by atoms with Crippen molar-refractivity contribution in [3.8, 4) is 6.07 Å². The number of ether oxygens (including phenoxy) is 1. The number of nitrogens with one attached hydrogen (secondary N) is 1. The fourth-order valence-electron chi connectivity index (χ4n) is 2.42. The maximum Gasteiger partial charge on any atom is 0.227 e. The molecule has 2 atom stereocenters. The topological polar surface area (TPSA) is 82.4 Å². The second kappa shape index (κ2) is 7.84. The van der Waals surface area contributed by atoms with Gasteiger partial charge in [-0.25, -0.2) is 17.5 Å². The highest BCUT2D eigenvalue weighted by Crippen LogP contribution is 2.22. The van der Waals surface area contributed by atoms with Gasteiger partial charge in [-0.2, -0.15) is 5.26 Å². The van der Waals surface area contributed by atoms with Gasteiger partial charge in [-0.05, 0) is 24.6 Å². The molecule has 0 unspecified atom stereocenters. The average Bonchev–Trinajstić information content (AvgIpc) is 2.56. The Morgan fingerprint density at radius 3 is 2.52 bits per heavy atom. The zero-order valence-electron chi connectivity index (χ0n) is 12.9. The second-order valence-corrected chi connectivity index (χ2v) is 7.47. The third-order valence-corrected chi connectivity index (χ3v) is 5.47. The van der Waals surface area contributed by atoms with Crippen LogP contribution in [0.4, 0.5) is 4.39 Å². The summed E-state index contributed by atoms with van der Waals surface area (Å²) in [5.41, 5.74) is 0.820. The Balaban J connectivity index is 2.17. The number of morpholine rings is 1. The summed E-state index contributed by atoms with van der Waals surface area (Å²) >= 11 is 0. The van der Waals surface area contributed by atoms with Crippen LogP contribution in [0.5, 0.6) is 0 Å². The highest BCUT2D eigenvalue weighted by Gasteiger charge is 2.26. The standard InChI is InChI=1S/C15H20FN3O3S/c1-12(10-17)23(20,21)18-11-15(19-6-8-22-9-7-19)13-2-4-14(16)5-3-13/h2-5,12,15,18H,6-9,11H2,1H3/t12-,15-/m0/s1. The van der Waals surface area contributed by atoms with Gasteiger partial charge in [0.2, 0.25) is 10.0 Å². The summed E-state index contributed by atoms with van der Waals surface area (Å²) in [6.45, 7) is 3.93. The van der Waals surface area contributed by atoms with E-state index in [0.29, 0.717) is 26.3 Å². The van der Waals surface area contributed by atoms with Gasteiger partial charge in [0.15, 0.2) is 5.25 Å². The molecule has 1 aromatic rings. The Hall–Kier alpha value is -1.53. The summed E-state index contributed by atoms with van der Waals surface area (Å²) < 4.78 is 44.9. The average molecular weight is 341 g/mol. The largest absolute Gasteiger partial charge is 0.379 e. The molecule has 0 aromatic heterocycles. The van der Waals surface area contributed by atoms with Gasteiger partial charge in [0.05, 0.1) is 19.3 Å². The van der Waals surface area contributed by atoms with Gasteiger partial charge in [-0.1, -0.05) is 12.1 Å². The van der Waals surface area contributed by atoms with E-state index in [1.54, 1.807) is 18.2 Å². The molecule has 0 spiro atoms. The normalized spacial score (nSPS) is 19.0. The molecule has 23 heavy (non-hydrogen) atoms. The van der Waals surface area contributed by atoms with Gasteiger partial charge in [-0.15, -0.1) is 0 Å². The molecule has 1 aliphatic rings. The van der Waals surface area contributed by atoms with E-state index in [1.807, 2.05) is 0 Å². The number of halogens is 1. The van der Waals surface area contributed by atoms with Crippen molar-refractivity contribution in [3.63, 3.8) is 0 Å². The Bertz CT molecular complexity index is 652. The first kappa shape index (κ1) is 17.8. The Labute approximate surface area is 135 Å². The van der Waals surface area contributed by atoms with Crippen LogP contribution >= 0.6 is 0 Å². The molecule has 0 saturated carbocycles. The highest BCUT2D eigenvalue weighted by molar-refractivity contribution is 7.90. The molecule has 0 bridgehead atoms. The van der Waals surface area contributed by atoms with Gasteiger partial charge >= 0.3 is 0 Å². The van der Waals surface area contributed by atoms with Crippen LogP contribution in [0.1, 0.15) is 18.5 Å². The first-order chi connectivity index (χ1) is 10.9. The molecule has 8 heteroatoms. The summed E-state index contributed by atoms with van der Waals surface area (Å²) in [6, 6.07) is 7.50. The van der Waals surface area contributed by atoms with E-state index in [4.69, 9.17) is 10.00 Å². The molecule has 0 aliphatic carbocycles. The van der Waals surface area contributed by atoms with Gasteiger partial charge in [-0.3, -0.25) is 4.90 Å². The summed E-state index contributed by atoms with van der Waals surface area (Å²) in [7, 11) is -3.70. The van der Waals surface area contributed by atoms with E-state index >= 15 is 0 Å². The van der Waals surface area contributed by atoms with E-state index in [-0.39, 0.29) is 18.4 Å². The van der Waals surface area contributed by atoms with Gasteiger partial charge < -0.3 is 4.74 Å². The van der Waals surface area contributed by atoms with Crippen molar-refractivity contribution in [2.24, 2.45) is 0 Å². The van der Waals surface area contributed by atoms with Crippen molar-refractivity contribution < 1.29 is 17.5 Å². The summed E-state index contributed by atoms with van der Waals surface area (Å²) in [6.07, 6.45) is 0. The van der Waals surface area contributed by atoms with Crippen molar-refractivity contribution in [1.29, 1.82) is 5.26 Å². The molecule has 1 saturated heterocycles. The van der Waals surface area contributed by atoms with E-state index < -0.39 is 15.3 Å². The lowest BCUT2D eigenvalue weighted by Crippen LogP contribution is -2.44. The number of rotatable bonds is 6. The SMILES string of the molecule is C[C@@H](C#N)S(=O)(=O)NC[C@@H](c1ccc(F)cc1)N1CCOCC1. The fraction of sp³-hybridized carbons (Fsp3) is 0.533. The maximum atomic E-state index is 13.1. The van der Waals surface area contributed by atoms with Crippen molar-refractivity contribution in [3.05, 3.63) is 35.6 Å². The first-order valence-electron chi connectivity index (χ1n) is 7.39. The molecule has 126 valence electrons.